The van der Waals surface area contributed by atoms with E-state index in [0.717, 1.165) is 24.5 Å². The Kier molecular flexibility index (Phi) is 7.64. The Balaban J connectivity index is 1.60. The van der Waals surface area contributed by atoms with Crippen molar-refractivity contribution in [2.75, 3.05) is 29.9 Å². The largest absolute Gasteiger partial charge is 0.433 e. The first-order valence-corrected chi connectivity index (χ1v) is 10.6. The molecule has 1 aromatic heterocycles. The summed E-state index contributed by atoms with van der Waals surface area (Å²) in [5.41, 5.74) is -0.0129. The molecular weight excluding hydrogens is 430 g/mol. The number of aromatic nitrogens is 2. The van der Waals surface area contributed by atoms with Gasteiger partial charge in [0.1, 0.15) is 11.6 Å². The molecule has 10 heteroatoms. The highest BCUT2D eigenvalue weighted by Gasteiger charge is 2.34. The lowest BCUT2D eigenvalue weighted by Gasteiger charge is -2.32. The number of benzene rings is 1. The second kappa shape index (κ2) is 10.2. The molecule has 1 aromatic carbocycles. The number of nitrogens with one attached hydrogen (secondary N) is 2. The number of halogens is 4. The highest BCUT2D eigenvalue weighted by Crippen LogP contribution is 2.31. The molecule has 0 radical (unpaired) electrons. The molecule has 2 N–H and O–H groups in total. The number of thiocarbonyl (C=S) groups is 1. The summed E-state index contributed by atoms with van der Waals surface area (Å²) in [6.45, 7) is 3.88. The van der Waals surface area contributed by atoms with Gasteiger partial charge < -0.3 is 15.5 Å². The summed E-state index contributed by atoms with van der Waals surface area (Å²) in [6, 6.07) is 7.22. The third-order valence-electron chi connectivity index (χ3n) is 5.05. The first-order valence-electron chi connectivity index (χ1n) is 10.2. The lowest BCUT2D eigenvalue weighted by Crippen LogP contribution is -2.36. The van der Waals surface area contributed by atoms with Gasteiger partial charge in [0.2, 0.25) is 5.95 Å². The van der Waals surface area contributed by atoms with Crippen LogP contribution in [0.4, 0.5) is 29.3 Å². The molecule has 168 valence electrons. The fourth-order valence-electron chi connectivity index (χ4n) is 3.49. The molecule has 0 aliphatic carbocycles. The summed E-state index contributed by atoms with van der Waals surface area (Å²) >= 11 is 5.19. The zero-order valence-electron chi connectivity index (χ0n) is 17.2. The average Bonchev–Trinajstić information content (AvgIpc) is 2.71. The van der Waals surface area contributed by atoms with Gasteiger partial charge in [0.25, 0.3) is 0 Å². The van der Waals surface area contributed by atoms with Crippen LogP contribution in [0.25, 0.3) is 0 Å². The van der Waals surface area contributed by atoms with E-state index in [0.29, 0.717) is 38.4 Å². The van der Waals surface area contributed by atoms with Crippen LogP contribution < -0.4 is 15.5 Å². The van der Waals surface area contributed by atoms with Crippen molar-refractivity contribution in [1.82, 2.24) is 15.3 Å². The zero-order valence-corrected chi connectivity index (χ0v) is 18.0. The van der Waals surface area contributed by atoms with Gasteiger partial charge in [0.05, 0.1) is 0 Å². The number of anilines is 2. The van der Waals surface area contributed by atoms with Crippen LogP contribution in [0.1, 0.15) is 37.4 Å². The summed E-state index contributed by atoms with van der Waals surface area (Å²) in [7, 11) is 0. The molecule has 1 aliphatic rings. The van der Waals surface area contributed by atoms with Crippen molar-refractivity contribution in [1.29, 1.82) is 0 Å². The van der Waals surface area contributed by atoms with Gasteiger partial charge >= 0.3 is 6.18 Å². The summed E-state index contributed by atoms with van der Waals surface area (Å²) in [4.78, 5) is 9.73. The number of aryl methyl sites for hydroxylation is 1. The van der Waals surface area contributed by atoms with Crippen LogP contribution in [0.15, 0.2) is 30.3 Å². The van der Waals surface area contributed by atoms with Crippen molar-refractivity contribution < 1.29 is 17.6 Å². The summed E-state index contributed by atoms with van der Waals surface area (Å²) in [6.07, 6.45) is -1.20. The number of alkyl halides is 3. The maximum Gasteiger partial charge on any atom is 0.433 e. The van der Waals surface area contributed by atoms with Gasteiger partial charge in [-0.1, -0.05) is 19.1 Å². The number of hydrogen-bond acceptors (Lipinski definition) is 4. The molecule has 5 nitrogen and oxygen atoms in total. The van der Waals surface area contributed by atoms with E-state index < -0.39 is 11.9 Å². The molecular formula is C21H25F4N5S. The van der Waals surface area contributed by atoms with Crippen molar-refractivity contribution in [2.45, 2.75) is 38.8 Å². The van der Waals surface area contributed by atoms with Crippen LogP contribution in [0.5, 0.6) is 0 Å². The molecule has 1 fully saturated rings. The molecule has 0 bridgehead atoms. The number of piperidine rings is 1. The van der Waals surface area contributed by atoms with E-state index in [9.17, 15) is 17.6 Å². The standard InChI is InChI=1S/C21H25F4N5S/c1-14-4-3-11-30(13-14)18-12-17(21(23,24)25)27-19(28-18)29-20(31)26-10-2-5-15-6-8-16(22)9-7-15/h6-9,12,14H,2-5,10-11,13H2,1H3,(H2,26,27,28,29,31). The van der Waals surface area contributed by atoms with E-state index in [4.69, 9.17) is 12.2 Å². The monoisotopic (exact) mass is 455 g/mol. The van der Waals surface area contributed by atoms with E-state index in [2.05, 4.69) is 27.5 Å². The fourth-order valence-corrected chi connectivity index (χ4v) is 3.68. The van der Waals surface area contributed by atoms with Crippen molar-refractivity contribution in [3.63, 3.8) is 0 Å². The quantitative estimate of drug-likeness (QED) is 0.371. The first kappa shape index (κ1) is 23.2. The van der Waals surface area contributed by atoms with Gasteiger partial charge in [0, 0.05) is 25.7 Å². The van der Waals surface area contributed by atoms with Crippen molar-refractivity contribution in [2.24, 2.45) is 5.92 Å². The third-order valence-corrected chi connectivity index (χ3v) is 5.30. The fraction of sp³-hybridized carbons (Fsp3) is 0.476. The van der Waals surface area contributed by atoms with E-state index in [1.807, 2.05) is 4.90 Å². The van der Waals surface area contributed by atoms with Crippen LogP contribution >= 0.6 is 12.2 Å². The molecule has 2 heterocycles. The maximum absolute atomic E-state index is 13.4. The summed E-state index contributed by atoms with van der Waals surface area (Å²) in [5, 5.41) is 5.77. The second-order valence-electron chi connectivity index (χ2n) is 7.74. The SMILES string of the molecule is CC1CCCN(c2cc(C(F)(F)F)nc(NC(=S)NCCCc3ccc(F)cc3)n2)C1. The van der Waals surface area contributed by atoms with E-state index >= 15 is 0 Å². The molecule has 0 spiro atoms. The average molecular weight is 456 g/mol. The van der Waals surface area contributed by atoms with Gasteiger partial charge in [-0.15, -0.1) is 0 Å². The third kappa shape index (κ3) is 7.02. The highest BCUT2D eigenvalue weighted by molar-refractivity contribution is 7.80. The molecule has 2 aromatic rings. The highest BCUT2D eigenvalue weighted by atomic mass is 32.1. The van der Waals surface area contributed by atoms with Crippen molar-refractivity contribution in [3.8, 4) is 0 Å². The maximum atomic E-state index is 13.4. The molecule has 1 unspecified atom stereocenters. The molecule has 3 rings (SSSR count). The smallest absolute Gasteiger partial charge is 0.362 e. The van der Waals surface area contributed by atoms with Crippen LogP contribution in [-0.2, 0) is 12.6 Å². The topological polar surface area (TPSA) is 53.1 Å². The Bertz CT molecular complexity index is 888. The van der Waals surface area contributed by atoms with E-state index in [-0.39, 0.29) is 22.7 Å². The Hall–Kier alpha value is -2.49. The predicted octanol–water partition coefficient (Wildman–Crippen LogP) is 4.79. The van der Waals surface area contributed by atoms with Crippen molar-refractivity contribution in [3.05, 3.63) is 47.4 Å². The van der Waals surface area contributed by atoms with Gasteiger partial charge in [-0.3, -0.25) is 0 Å². The van der Waals surface area contributed by atoms with Crippen LogP contribution in [0, 0.1) is 11.7 Å². The first-order chi connectivity index (χ1) is 14.7. The van der Waals surface area contributed by atoms with E-state index in [1.54, 1.807) is 12.1 Å². The normalized spacial score (nSPS) is 16.8. The van der Waals surface area contributed by atoms with Gasteiger partial charge in [-0.2, -0.15) is 18.2 Å². The Labute approximate surface area is 184 Å². The molecule has 1 atom stereocenters. The number of nitrogens with zero attached hydrogens (tertiary/aromatic N) is 3. The minimum absolute atomic E-state index is 0.149. The van der Waals surface area contributed by atoms with Crippen molar-refractivity contribution >= 4 is 29.1 Å². The number of rotatable bonds is 6. The molecule has 1 saturated heterocycles. The summed E-state index contributed by atoms with van der Waals surface area (Å²) in [5.74, 6) is 0.166. The van der Waals surface area contributed by atoms with Crippen LogP contribution in [0.2, 0.25) is 0 Å². The Morgan fingerprint density at radius 1 is 1.23 bits per heavy atom. The lowest BCUT2D eigenvalue weighted by molar-refractivity contribution is -0.141. The number of hydrogen-bond donors (Lipinski definition) is 2. The van der Waals surface area contributed by atoms with Gasteiger partial charge in [-0.25, -0.2) is 9.37 Å². The van der Waals surface area contributed by atoms with Crippen LogP contribution in [-0.4, -0.2) is 34.7 Å². The minimum atomic E-state index is -4.58. The predicted molar refractivity (Wildman–Crippen MR) is 117 cm³/mol. The Morgan fingerprint density at radius 2 is 1.97 bits per heavy atom. The Morgan fingerprint density at radius 3 is 2.65 bits per heavy atom. The zero-order chi connectivity index (χ0) is 22.4. The van der Waals surface area contributed by atoms with Gasteiger partial charge in [-0.05, 0) is 61.5 Å². The molecule has 0 saturated carbocycles. The second-order valence-corrected chi connectivity index (χ2v) is 8.15. The lowest BCUT2D eigenvalue weighted by atomic mass is 10.0. The molecule has 31 heavy (non-hydrogen) atoms. The summed E-state index contributed by atoms with van der Waals surface area (Å²) < 4.78 is 53.0. The van der Waals surface area contributed by atoms with Crippen LogP contribution in [0.3, 0.4) is 0 Å². The molecule has 1 aliphatic heterocycles. The van der Waals surface area contributed by atoms with E-state index in [1.165, 1.54) is 12.1 Å². The van der Waals surface area contributed by atoms with Gasteiger partial charge in [0.15, 0.2) is 10.8 Å². The molecule has 0 amide bonds. The minimum Gasteiger partial charge on any atom is -0.362 e.